The molecule has 2 aliphatic rings. The lowest BCUT2D eigenvalue weighted by atomic mass is 10.1. The Labute approximate surface area is 88.3 Å². The van der Waals surface area contributed by atoms with Gasteiger partial charge in [-0.05, 0) is 45.8 Å². The molecule has 0 spiro atoms. The molecule has 0 bridgehead atoms. The van der Waals surface area contributed by atoms with E-state index in [1.165, 1.54) is 51.7 Å². The van der Waals surface area contributed by atoms with E-state index in [4.69, 9.17) is 0 Å². The minimum Gasteiger partial charge on any atom is -0.305 e. The summed E-state index contributed by atoms with van der Waals surface area (Å²) in [5, 5.41) is 0. The van der Waals surface area contributed by atoms with Crippen LogP contribution in [0.15, 0.2) is 0 Å². The number of likely N-dealkylation sites (tertiary alicyclic amines) is 1. The molecule has 2 heteroatoms. The lowest BCUT2D eigenvalue weighted by molar-refractivity contribution is 0.243. The van der Waals surface area contributed by atoms with E-state index in [-0.39, 0.29) is 0 Å². The Balaban J connectivity index is 1.72. The zero-order valence-electron chi connectivity index (χ0n) is 9.71. The van der Waals surface area contributed by atoms with Crippen molar-refractivity contribution in [3.05, 3.63) is 0 Å². The first-order chi connectivity index (χ1) is 6.75. The second-order valence-electron chi connectivity index (χ2n) is 5.32. The molecule has 0 aromatic heterocycles. The third-order valence-corrected chi connectivity index (χ3v) is 3.97. The Hall–Kier alpha value is -0.0800. The third-order valence-electron chi connectivity index (χ3n) is 3.97. The van der Waals surface area contributed by atoms with Crippen LogP contribution in [-0.4, -0.2) is 49.6 Å². The Kier molecular flexibility index (Phi) is 3.45. The average Bonchev–Trinajstić information content (AvgIpc) is 2.75. The average molecular weight is 196 g/mol. The Morgan fingerprint density at radius 2 is 1.86 bits per heavy atom. The van der Waals surface area contributed by atoms with E-state index < -0.39 is 0 Å². The molecule has 2 fully saturated rings. The van der Waals surface area contributed by atoms with Gasteiger partial charge in [-0.3, -0.25) is 0 Å². The van der Waals surface area contributed by atoms with Crippen LogP contribution in [0.4, 0.5) is 0 Å². The number of nitrogens with zero attached hydrogens (tertiary/aromatic N) is 2. The zero-order chi connectivity index (χ0) is 9.97. The smallest absolute Gasteiger partial charge is 0.0229 e. The van der Waals surface area contributed by atoms with E-state index in [0.717, 1.165) is 12.0 Å². The topological polar surface area (TPSA) is 6.48 Å². The molecule has 2 rings (SSSR count). The summed E-state index contributed by atoms with van der Waals surface area (Å²) in [5.74, 6) is 1.02. The van der Waals surface area contributed by atoms with E-state index in [9.17, 15) is 0 Å². The van der Waals surface area contributed by atoms with Crippen molar-refractivity contribution in [1.82, 2.24) is 9.80 Å². The van der Waals surface area contributed by atoms with Gasteiger partial charge in [-0.1, -0.05) is 12.8 Å². The summed E-state index contributed by atoms with van der Waals surface area (Å²) in [6, 6.07) is 0.816. The van der Waals surface area contributed by atoms with Gasteiger partial charge in [0.1, 0.15) is 0 Å². The first-order valence-corrected chi connectivity index (χ1v) is 6.14. The van der Waals surface area contributed by atoms with Gasteiger partial charge in [0.15, 0.2) is 0 Å². The maximum Gasteiger partial charge on any atom is 0.0229 e. The van der Waals surface area contributed by atoms with Crippen LogP contribution in [0, 0.1) is 5.92 Å². The fourth-order valence-corrected chi connectivity index (χ4v) is 2.96. The van der Waals surface area contributed by atoms with E-state index in [0.29, 0.717) is 0 Å². The van der Waals surface area contributed by atoms with E-state index in [2.05, 4.69) is 23.9 Å². The van der Waals surface area contributed by atoms with Gasteiger partial charge >= 0.3 is 0 Å². The van der Waals surface area contributed by atoms with Crippen LogP contribution in [0.5, 0.6) is 0 Å². The number of hydrogen-bond acceptors (Lipinski definition) is 2. The van der Waals surface area contributed by atoms with Gasteiger partial charge in [0.2, 0.25) is 0 Å². The largest absolute Gasteiger partial charge is 0.305 e. The van der Waals surface area contributed by atoms with Gasteiger partial charge in [-0.25, -0.2) is 0 Å². The summed E-state index contributed by atoms with van der Waals surface area (Å²) in [4.78, 5) is 5.06. The minimum atomic E-state index is 0.816. The molecule has 1 aliphatic heterocycles. The summed E-state index contributed by atoms with van der Waals surface area (Å²) in [6.07, 6.45) is 7.32. The number of likely N-dealkylation sites (N-methyl/N-ethyl adjacent to an activating group) is 1. The summed E-state index contributed by atoms with van der Waals surface area (Å²) in [7, 11) is 4.42. The highest BCUT2D eigenvalue weighted by Gasteiger charge is 2.26. The Morgan fingerprint density at radius 3 is 2.43 bits per heavy atom. The van der Waals surface area contributed by atoms with Crippen LogP contribution in [0.25, 0.3) is 0 Å². The molecule has 1 aliphatic carbocycles. The van der Waals surface area contributed by atoms with Crippen LogP contribution < -0.4 is 0 Å². The van der Waals surface area contributed by atoms with Crippen LogP contribution in [-0.2, 0) is 0 Å². The molecule has 0 unspecified atom stereocenters. The summed E-state index contributed by atoms with van der Waals surface area (Å²) >= 11 is 0. The molecule has 82 valence electrons. The third kappa shape index (κ3) is 2.48. The van der Waals surface area contributed by atoms with Crippen molar-refractivity contribution in [3.63, 3.8) is 0 Å². The number of hydrogen-bond donors (Lipinski definition) is 0. The molecule has 0 N–H and O–H groups in total. The van der Waals surface area contributed by atoms with Gasteiger partial charge < -0.3 is 9.80 Å². The van der Waals surface area contributed by atoms with E-state index >= 15 is 0 Å². The standard InChI is InChI=1S/C12H24N2/c1-13(2)12-7-8-14(10-12)9-11-5-3-4-6-11/h11-12H,3-10H2,1-2H3/t12-/m1/s1. The van der Waals surface area contributed by atoms with Gasteiger partial charge in [-0.15, -0.1) is 0 Å². The monoisotopic (exact) mass is 196 g/mol. The second kappa shape index (κ2) is 4.63. The highest BCUT2D eigenvalue weighted by Crippen LogP contribution is 2.27. The lowest BCUT2D eigenvalue weighted by Gasteiger charge is -2.22. The predicted octanol–water partition coefficient (Wildman–Crippen LogP) is 1.81. The normalized spacial score (nSPS) is 30.6. The lowest BCUT2D eigenvalue weighted by Crippen LogP contribution is -2.33. The maximum atomic E-state index is 2.68. The van der Waals surface area contributed by atoms with Gasteiger partial charge in [0, 0.05) is 19.1 Å². The number of rotatable bonds is 3. The fraction of sp³-hybridized carbons (Fsp3) is 1.00. The molecule has 14 heavy (non-hydrogen) atoms. The summed E-state index contributed by atoms with van der Waals surface area (Å²) in [6.45, 7) is 4.02. The van der Waals surface area contributed by atoms with Crippen molar-refractivity contribution in [3.8, 4) is 0 Å². The molecule has 0 aromatic rings. The minimum absolute atomic E-state index is 0.816. The SMILES string of the molecule is CN(C)[C@@H]1CCN(CC2CCCC2)C1. The first kappa shape index (κ1) is 10.4. The molecular weight excluding hydrogens is 172 g/mol. The Bertz CT molecular complexity index is 173. The van der Waals surface area contributed by atoms with Crippen LogP contribution in [0.2, 0.25) is 0 Å². The van der Waals surface area contributed by atoms with Crippen molar-refractivity contribution >= 4 is 0 Å². The van der Waals surface area contributed by atoms with E-state index in [1.807, 2.05) is 0 Å². The molecule has 1 saturated carbocycles. The molecule has 2 nitrogen and oxygen atoms in total. The van der Waals surface area contributed by atoms with Gasteiger partial charge in [-0.2, -0.15) is 0 Å². The Morgan fingerprint density at radius 1 is 1.14 bits per heavy atom. The first-order valence-electron chi connectivity index (χ1n) is 6.14. The fourth-order valence-electron chi connectivity index (χ4n) is 2.96. The quantitative estimate of drug-likeness (QED) is 0.679. The molecule has 0 radical (unpaired) electrons. The second-order valence-corrected chi connectivity index (χ2v) is 5.32. The van der Waals surface area contributed by atoms with Crippen molar-refractivity contribution < 1.29 is 0 Å². The molecule has 0 aromatic carbocycles. The van der Waals surface area contributed by atoms with Gasteiger partial charge in [0.05, 0.1) is 0 Å². The predicted molar refractivity (Wildman–Crippen MR) is 60.5 cm³/mol. The molecule has 1 heterocycles. The molecular formula is C12H24N2. The molecule has 1 atom stereocenters. The highest BCUT2D eigenvalue weighted by atomic mass is 15.2. The van der Waals surface area contributed by atoms with Crippen molar-refractivity contribution in [2.75, 3.05) is 33.7 Å². The molecule has 1 saturated heterocycles. The van der Waals surface area contributed by atoms with Crippen molar-refractivity contribution in [1.29, 1.82) is 0 Å². The zero-order valence-corrected chi connectivity index (χ0v) is 9.71. The molecule has 0 amide bonds. The van der Waals surface area contributed by atoms with Crippen LogP contribution in [0.1, 0.15) is 32.1 Å². The summed E-state index contributed by atoms with van der Waals surface area (Å²) in [5.41, 5.74) is 0. The van der Waals surface area contributed by atoms with Crippen LogP contribution >= 0.6 is 0 Å². The van der Waals surface area contributed by atoms with E-state index in [1.54, 1.807) is 0 Å². The van der Waals surface area contributed by atoms with Gasteiger partial charge in [0.25, 0.3) is 0 Å². The van der Waals surface area contributed by atoms with Crippen molar-refractivity contribution in [2.24, 2.45) is 5.92 Å². The summed E-state index contributed by atoms with van der Waals surface area (Å²) < 4.78 is 0. The highest BCUT2D eigenvalue weighted by molar-refractivity contribution is 4.82. The maximum absolute atomic E-state index is 2.68. The van der Waals surface area contributed by atoms with Crippen molar-refractivity contribution in [2.45, 2.75) is 38.1 Å². The van der Waals surface area contributed by atoms with Crippen LogP contribution in [0.3, 0.4) is 0 Å².